The van der Waals surface area contributed by atoms with Gasteiger partial charge in [-0.1, -0.05) is 60.7 Å². The third-order valence-electron chi connectivity index (χ3n) is 6.53. The summed E-state index contributed by atoms with van der Waals surface area (Å²) in [6.07, 6.45) is 6.30. The first kappa shape index (κ1) is 23.5. The number of carbonyl (C=O) groups excluding carboxylic acids is 2. The van der Waals surface area contributed by atoms with Gasteiger partial charge in [-0.05, 0) is 54.4 Å². The lowest BCUT2D eigenvalue weighted by molar-refractivity contribution is -0.139. The molecule has 0 saturated heterocycles. The van der Waals surface area contributed by atoms with Crippen molar-refractivity contribution in [3.63, 3.8) is 0 Å². The van der Waals surface area contributed by atoms with Gasteiger partial charge >= 0.3 is 12.1 Å². The number of aliphatic carboxylic acids is 1. The highest BCUT2D eigenvalue weighted by molar-refractivity contribution is 5.81. The number of allylic oxidation sites excluding steroid dienone is 2. The van der Waals surface area contributed by atoms with E-state index in [-0.39, 0.29) is 30.8 Å². The van der Waals surface area contributed by atoms with Crippen LogP contribution in [0.2, 0.25) is 0 Å². The zero-order valence-corrected chi connectivity index (χ0v) is 19.0. The lowest BCUT2D eigenvalue weighted by Crippen LogP contribution is -2.41. The molecular formula is C27H30N2O5. The first-order valence-electron chi connectivity index (χ1n) is 11.8. The van der Waals surface area contributed by atoms with E-state index in [2.05, 4.69) is 22.8 Å². The number of benzene rings is 2. The highest BCUT2D eigenvalue weighted by Gasteiger charge is 2.29. The Labute approximate surface area is 199 Å². The molecule has 0 heterocycles. The average molecular weight is 463 g/mol. The van der Waals surface area contributed by atoms with Crippen molar-refractivity contribution in [3.05, 3.63) is 71.8 Å². The summed E-state index contributed by atoms with van der Waals surface area (Å²) >= 11 is 0. The number of carboxylic acids is 1. The predicted molar refractivity (Wildman–Crippen MR) is 128 cm³/mol. The van der Waals surface area contributed by atoms with E-state index in [4.69, 9.17) is 4.74 Å². The number of carbonyl (C=O) groups is 3. The number of fused-ring (bicyclic) bond motifs is 3. The summed E-state index contributed by atoms with van der Waals surface area (Å²) in [6, 6.07) is 15.0. The number of nitrogens with one attached hydrogen (secondary N) is 2. The molecule has 0 radical (unpaired) electrons. The number of unbranched alkanes of at least 4 members (excludes halogenated alkanes) is 1. The molecule has 0 aliphatic heterocycles. The Hall–Kier alpha value is -3.61. The van der Waals surface area contributed by atoms with Gasteiger partial charge in [0.05, 0.1) is 0 Å². The lowest BCUT2D eigenvalue weighted by Gasteiger charge is -2.17. The highest BCUT2D eigenvalue weighted by Crippen LogP contribution is 2.44. The molecule has 4 rings (SSSR count). The fraction of sp³-hybridized carbons (Fsp3) is 0.370. The van der Waals surface area contributed by atoms with Crippen LogP contribution in [0.1, 0.15) is 49.1 Å². The van der Waals surface area contributed by atoms with E-state index in [9.17, 15) is 19.5 Å². The maximum atomic E-state index is 12.4. The number of alkyl carbamates (subject to hydrolysis) is 1. The molecule has 7 nitrogen and oxygen atoms in total. The summed E-state index contributed by atoms with van der Waals surface area (Å²) in [6.45, 7) is 0.626. The largest absolute Gasteiger partial charge is 0.480 e. The van der Waals surface area contributed by atoms with Crippen LogP contribution < -0.4 is 10.6 Å². The van der Waals surface area contributed by atoms with Gasteiger partial charge in [-0.25, -0.2) is 9.59 Å². The number of hydrogen-bond donors (Lipinski definition) is 3. The van der Waals surface area contributed by atoms with Crippen LogP contribution in [0.5, 0.6) is 0 Å². The summed E-state index contributed by atoms with van der Waals surface area (Å²) in [5.41, 5.74) is 4.46. The molecule has 2 aliphatic rings. The summed E-state index contributed by atoms with van der Waals surface area (Å²) in [5.74, 6) is -1.13. The maximum absolute atomic E-state index is 12.4. The smallest absolute Gasteiger partial charge is 0.407 e. The Morgan fingerprint density at radius 2 is 1.56 bits per heavy atom. The molecule has 1 unspecified atom stereocenters. The van der Waals surface area contributed by atoms with Crippen molar-refractivity contribution in [3.8, 4) is 11.1 Å². The van der Waals surface area contributed by atoms with Crippen molar-refractivity contribution < 1.29 is 24.2 Å². The van der Waals surface area contributed by atoms with Gasteiger partial charge in [-0.2, -0.15) is 0 Å². The molecule has 2 aromatic carbocycles. The van der Waals surface area contributed by atoms with Gasteiger partial charge in [0.1, 0.15) is 12.6 Å². The first-order chi connectivity index (χ1) is 16.5. The van der Waals surface area contributed by atoms with Crippen LogP contribution in [0, 0.1) is 5.92 Å². The number of rotatable bonds is 10. The van der Waals surface area contributed by atoms with Crippen LogP contribution >= 0.6 is 0 Å². The molecule has 2 aromatic rings. The molecule has 2 amide bonds. The minimum atomic E-state index is -1.10. The molecule has 0 spiro atoms. The van der Waals surface area contributed by atoms with Gasteiger partial charge in [-0.15, -0.1) is 0 Å². The predicted octanol–water partition coefficient (Wildman–Crippen LogP) is 4.23. The second-order valence-electron chi connectivity index (χ2n) is 8.79. The first-order valence-corrected chi connectivity index (χ1v) is 11.8. The molecule has 178 valence electrons. The summed E-state index contributed by atoms with van der Waals surface area (Å²) < 4.78 is 5.46. The lowest BCUT2D eigenvalue weighted by atomic mass is 9.98. The maximum Gasteiger partial charge on any atom is 0.407 e. The van der Waals surface area contributed by atoms with Crippen LogP contribution in [0.3, 0.4) is 0 Å². The van der Waals surface area contributed by atoms with Gasteiger partial charge < -0.3 is 20.5 Å². The monoisotopic (exact) mass is 462 g/mol. The summed E-state index contributed by atoms with van der Waals surface area (Å²) in [4.78, 5) is 36.0. The Morgan fingerprint density at radius 3 is 2.18 bits per heavy atom. The SMILES string of the molecule is O=C(NC(CCCCNC(=O)C1CC=CC1)C(=O)O)OCC1c2ccccc2-c2ccccc21. The van der Waals surface area contributed by atoms with E-state index in [1.807, 2.05) is 48.6 Å². The Bertz CT molecular complexity index is 1030. The van der Waals surface area contributed by atoms with E-state index in [0.29, 0.717) is 19.4 Å². The number of carboxylic acid groups (broad SMARTS) is 1. The van der Waals surface area contributed by atoms with Crippen LogP contribution in [0.4, 0.5) is 4.79 Å². The molecule has 0 saturated carbocycles. The molecule has 3 N–H and O–H groups in total. The summed E-state index contributed by atoms with van der Waals surface area (Å²) in [7, 11) is 0. The molecule has 7 heteroatoms. The van der Waals surface area contributed by atoms with Crippen molar-refractivity contribution >= 4 is 18.0 Å². The minimum absolute atomic E-state index is 0.0157. The fourth-order valence-electron chi connectivity index (χ4n) is 4.70. The quantitative estimate of drug-likeness (QED) is 0.362. The Balaban J connectivity index is 1.23. The van der Waals surface area contributed by atoms with Crippen LogP contribution in [0.15, 0.2) is 60.7 Å². The average Bonchev–Trinajstić information content (AvgIpc) is 3.49. The van der Waals surface area contributed by atoms with Crippen LogP contribution in [0.25, 0.3) is 11.1 Å². The Kier molecular flexibility index (Phi) is 7.62. The van der Waals surface area contributed by atoms with Gasteiger partial charge in [0, 0.05) is 18.4 Å². The van der Waals surface area contributed by atoms with E-state index in [1.54, 1.807) is 0 Å². The van der Waals surface area contributed by atoms with Gasteiger partial charge in [0.2, 0.25) is 5.91 Å². The number of ether oxygens (including phenoxy) is 1. The second-order valence-corrected chi connectivity index (χ2v) is 8.79. The molecule has 0 fully saturated rings. The van der Waals surface area contributed by atoms with Crippen molar-refractivity contribution in [2.24, 2.45) is 5.92 Å². The third-order valence-corrected chi connectivity index (χ3v) is 6.53. The van der Waals surface area contributed by atoms with E-state index in [1.165, 1.54) is 0 Å². The zero-order chi connectivity index (χ0) is 23.9. The van der Waals surface area contributed by atoms with Crippen molar-refractivity contribution in [1.29, 1.82) is 0 Å². The third kappa shape index (κ3) is 5.47. The number of hydrogen-bond acceptors (Lipinski definition) is 4. The molecule has 2 aliphatic carbocycles. The second kappa shape index (κ2) is 11.0. The molecule has 0 bridgehead atoms. The highest BCUT2D eigenvalue weighted by atomic mass is 16.5. The van der Waals surface area contributed by atoms with E-state index < -0.39 is 18.1 Å². The number of amides is 2. The Morgan fingerprint density at radius 1 is 0.941 bits per heavy atom. The molecule has 0 aromatic heterocycles. The molecule has 34 heavy (non-hydrogen) atoms. The molecular weight excluding hydrogens is 432 g/mol. The standard InChI is InChI=1S/C27H30N2O5/c30-25(18-9-1-2-10-18)28-16-8-7-15-24(26(31)32)29-27(33)34-17-23-21-13-5-3-11-19(21)20-12-4-6-14-22(20)23/h1-6,11-14,18,23-24H,7-10,15-17H2,(H,28,30)(H,29,33)(H,31,32). The van der Waals surface area contributed by atoms with Crippen LogP contribution in [-0.2, 0) is 14.3 Å². The van der Waals surface area contributed by atoms with Gasteiger partial charge in [0.25, 0.3) is 0 Å². The van der Waals surface area contributed by atoms with Crippen molar-refractivity contribution in [2.45, 2.75) is 44.1 Å². The van der Waals surface area contributed by atoms with Crippen molar-refractivity contribution in [2.75, 3.05) is 13.2 Å². The topological polar surface area (TPSA) is 105 Å². The molecule has 1 atom stereocenters. The fourth-order valence-corrected chi connectivity index (χ4v) is 4.70. The van der Waals surface area contributed by atoms with Crippen LogP contribution in [-0.4, -0.2) is 42.3 Å². The summed E-state index contributed by atoms with van der Waals surface area (Å²) in [5, 5.41) is 14.9. The van der Waals surface area contributed by atoms with Gasteiger partial charge in [-0.3, -0.25) is 4.79 Å². The van der Waals surface area contributed by atoms with E-state index >= 15 is 0 Å². The van der Waals surface area contributed by atoms with Crippen molar-refractivity contribution in [1.82, 2.24) is 10.6 Å². The van der Waals surface area contributed by atoms with E-state index in [0.717, 1.165) is 35.1 Å². The normalized spacial score (nSPS) is 15.4. The minimum Gasteiger partial charge on any atom is -0.480 e. The zero-order valence-electron chi connectivity index (χ0n) is 19.0. The van der Waals surface area contributed by atoms with Gasteiger partial charge in [0.15, 0.2) is 0 Å².